The summed E-state index contributed by atoms with van der Waals surface area (Å²) in [5.74, 6) is -0.101. The molecule has 10 nitrogen and oxygen atoms in total. The van der Waals surface area contributed by atoms with Crippen LogP contribution in [0.3, 0.4) is 0 Å². The lowest BCUT2D eigenvalue weighted by Crippen LogP contribution is -2.29. The van der Waals surface area contributed by atoms with Gasteiger partial charge in [-0.1, -0.05) is 0 Å². The summed E-state index contributed by atoms with van der Waals surface area (Å²) >= 11 is 0. The van der Waals surface area contributed by atoms with Crippen molar-refractivity contribution < 1.29 is 13.9 Å². The Morgan fingerprint density at radius 3 is 2.83 bits per heavy atom. The average Bonchev–Trinajstić information content (AvgIpc) is 3.43. The van der Waals surface area contributed by atoms with E-state index in [4.69, 9.17) is 9.84 Å². The number of fused-ring (bicyclic) bond motifs is 2. The number of carbonyl (C=O) groups is 1. The number of amides is 1. The van der Waals surface area contributed by atoms with E-state index in [9.17, 15) is 9.18 Å². The quantitative estimate of drug-likeness (QED) is 0.357. The van der Waals surface area contributed by atoms with Gasteiger partial charge < -0.3 is 19.9 Å². The number of halogens is 1. The molecule has 4 heterocycles. The minimum Gasteiger partial charge on any atom is -0.406 e. The third-order valence-corrected chi connectivity index (χ3v) is 5.80. The lowest BCUT2D eigenvalue weighted by Gasteiger charge is -2.13. The molecular formula is C25H25FN8O2. The maximum atomic E-state index is 14.0. The van der Waals surface area contributed by atoms with Gasteiger partial charge in [0.05, 0.1) is 24.3 Å². The first kappa shape index (κ1) is 23.4. The minimum atomic E-state index is -0.624. The minimum absolute atomic E-state index is 0.237. The number of carbonyl (C=O) groups excluding carboxylic acids is 1. The number of nitrogens with zero attached hydrogens (tertiary/aromatic N) is 6. The smallest absolute Gasteiger partial charge is 0.406 e. The molecule has 0 spiro atoms. The van der Waals surface area contributed by atoms with E-state index in [0.717, 1.165) is 17.5 Å². The van der Waals surface area contributed by atoms with E-state index in [1.807, 2.05) is 38.1 Å². The molecule has 2 N–H and O–H groups in total. The number of aromatic nitrogens is 6. The maximum absolute atomic E-state index is 14.0. The monoisotopic (exact) mass is 488 g/mol. The van der Waals surface area contributed by atoms with Gasteiger partial charge in [-0.05, 0) is 56.9 Å². The van der Waals surface area contributed by atoms with Crippen LogP contribution in [0.1, 0.15) is 18.5 Å². The summed E-state index contributed by atoms with van der Waals surface area (Å²) in [4.78, 5) is 30.7. The van der Waals surface area contributed by atoms with E-state index < -0.39 is 6.09 Å². The van der Waals surface area contributed by atoms with Crippen molar-refractivity contribution in [3.05, 3.63) is 66.5 Å². The number of aromatic amines is 1. The van der Waals surface area contributed by atoms with Crippen LogP contribution in [0.4, 0.5) is 9.18 Å². The SMILES string of the molecule is CC(NC(=O)Oc1c[nH]c2ncc(-c3nn(CCN(C)C)c4cc(F)ccc34)nc12)c1ccncc1. The molecule has 5 rings (SSSR count). The van der Waals surface area contributed by atoms with Crippen LogP contribution in [0.2, 0.25) is 0 Å². The summed E-state index contributed by atoms with van der Waals surface area (Å²) in [5, 5.41) is 8.26. The van der Waals surface area contributed by atoms with Gasteiger partial charge in [0, 0.05) is 30.5 Å². The molecule has 184 valence electrons. The van der Waals surface area contributed by atoms with Crippen molar-refractivity contribution >= 4 is 28.2 Å². The molecule has 1 amide bonds. The Balaban J connectivity index is 1.44. The Hall–Kier alpha value is -4.38. The zero-order valence-electron chi connectivity index (χ0n) is 20.1. The maximum Gasteiger partial charge on any atom is 0.413 e. The van der Waals surface area contributed by atoms with Crippen LogP contribution in [-0.2, 0) is 6.54 Å². The first-order valence-corrected chi connectivity index (χ1v) is 11.4. The second kappa shape index (κ2) is 9.70. The van der Waals surface area contributed by atoms with Gasteiger partial charge in [0.1, 0.15) is 17.2 Å². The standard InChI is InChI=1S/C25H25FN8O2/c1-15(16-6-8-27-9-7-16)30-25(35)36-21-14-29-24-23(21)31-19(13-28-24)22-18-5-4-17(26)12-20(18)34(32-22)11-10-33(2)3/h4-9,12-15H,10-11H2,1-3H3,(H,28,29)(H,30,35). The third kappa shape index (κ3) is 4.73. The molecule has 0 aliphatic carbocycles. The second-order valence-electron chi connectivity index (χ2n) is 8.68. The largest absolute Gasteiger partial charge is 0.413 e. The Morgan fingerprint density at radius 2 is 2.06 bits per heavy atom. The lowest BCUT2D eigenvalue weighted by molar-refractivity contribution is 0.197. The highest BCUT2D eigenvalue weighted by molar-refractivity contribution is 5.93. The van der Waals surface area contributed by atoms with Crippen molar-refractivity contribution in [2.45, 2.75) is 19.5 Å². The number of H-pyrrole nitrogens is 1. The van der Waals surface area contributed by atoms with Gasteiger partial charge in [-0.15, -0.1) is 0 Å². The Morgan fingerprint density at radius 1 is 1.25 bits per heavy atom. The van der Waals surface area contributed by atoms with E-state index >= 15 is 0 Å². The van der Waals surface area contributed by atoms with Crippen LogP contribution in [0, 0.1) is 5.82 Å². The molecule has 5 aromatic rings. The predicted molar refractivity (Wildman–Crippen MR) is 133 cm³/mol. The summed E-state index contributed by atoms with van der Waals surface area (Å²) in [6.45, 7) is 3.17. The summed E-state index contributed by atoms with van der Waals surface area (Å²) in [7, 11) is 3.93. The first-order valence-electron chi connectivity index (χ1n) is 11.4. The van der Waals surface area contributed by atoms with Crippen LogP contribution in [0.15, 0.2) is 55.1 Å². The van der Waals surface area contributed by atoms with Crippen LogP contribution in [0.25, 0.3) is 33.5 Å². The van der Waals surface area contributed by atoms with Crippen LogP contribution in [-0.4, -0.2) is 61.3 Å². The Labute approximate surface area is 206 Å². The Kier molecular flexibility index (Phi) is 6.30. The van der Waals surface area contributed by atoms with Gasteiger partial charge in [0.25, 0.3) is 0 Å². The van der Waals surface area contributed by atoms with E-state index in [2.05, 4.69) is 25.3 Å². The molecular weight excluding hydrogens is 463 g/mol. The topological polar surface area (TPSA) is 114 Å². The molecule has 4 aromatic heterocycles. The van der Waals surface area contributed by atoms with Crippen molar-refractivity contribution in [1.82, 2.24) is 39.9 Å². The Bertz CT molecular complexity index is 1530. The molecule has 1 atom stereocenters. The number of rotatable bonds is 7. The molecule has 0 radical (unpaired) electrons. The fourth-order valence-electron chi connectivity index (χ4n) is 3.90. The summed E-state index contributed by atoms with van der Waals surface area (Å²) in [6, 6.07) is 7.92. The van der Waals surface area contributed by atoms with Gasteiger partial charge >= 0.3 is 6.09 Å². The molecule has 0 saturated carbocycles. The van der Waals surface area contributed by atoms with Crippen molar-refractivity contribution in [3.63, 3.8) is 0 Å². The molecule has 1 unspecified atom stereocenters. The molecule has 0 saturated heterocycles. The molecule has 0 fully saturated rings. The number of hydrogen-bond donors (Lipinski definition) is 2. The molecule has 11 heteroatoms. The lowest BCUT2D eigenvalue weighted by atomic mass is 10.1. The van der Waals surface area contributed by atoms with Crippen LogP contribution >= 0.6 is 0 Å². The molecule has 0 bridgehead atoms. The summed E-state index contributed by atoms with van der Waals surface area (Å²) in [6.07, 6.45) is 5.83. The fraction of sp³-hybridized carbons (Fsp3) is 0.240. The molecule has 1 aromatic carbocycles. The molecule has 36 heavy (non-hydrogen) atoms. The van der Waals surface area contributed by atoms with Gasteiger partial charge in [-0.2, -0.15) is 5.10 Å². The zero-order chi connectivity index (χ0) is 25.2. The number of likely N-dealkylation sites (N-methyl/N-ethyl adjacent to an activating group) is 1. The molecule has 0 aliphatic rings. The van der Waals surface area contributed by atoms with Gasteiger partial charge in [-0.25, -0.2) is 19.2 Å². The number of pyridine rings is 1. The highest BCUT2D eigenvalue weighted by atomic mass is 19.1. The number of benzene rings is 1. The highest BCUT2D eigenvalue weighted by Gasteiger charge is 2.19. The van der Waals surface area contributed by atoms with Crippen molar-refractivity contribution in [2.24, 2.45) is 0 Å². The number of hydrogen-bond acceptors (Lipinski definition) is 7. The fourth-order valence-corrected chi connectivity index (χ4v) is 3.90. The number of nitrogens with one attached hydrogen (secondary N) is 2. The van der Waals surface area contributed by atoms with Gasteiger partial charge in [-0.3, -0.25) is 9.67 Å². The summed E-state index contributed by atoms with van der Waals surface area (Å²) in [5.41, 5.74) is 3.47. The highest BCUT2D eigenvalue weighted by Crippen LogP contribution is 2.30. The van der Waals surface area contributed by atoms with Gasteiger partial charge in [0.15, 0.2) is 16.9 Å². The third-order valence-electron chi connectivity index (χ3n) is 5.80. The van der Waals surface area contributed by atoms with Crippen molar-refractivity contribution in [1.29, 1.82) is 0 Å². The zero-order valence-corrected chi connectivity index (χ0v) is 20.1. The van der Waals surface area contributed by atoms with Crippen LogP contribution in [0.5, 0.6) is 5.75 Å². The van der Waals surface area contributed by atoms with Crippen molar-refractivity contribution in [2.75, 3.05) is 20.6 Å². The summed E-state index contributed by atoms with van der Waals surface area (Å²) < 4.78 is 21.3. The van der Waals surface area contributed by atoms with E-state index in [0.29, 0.717) is 34.6 Å². The van der Waals surface area contributed by atoms with Gasteiger partial charge in [0.2, 0.25) is 0 Å². The average molecular weight is 489 g/mol. The predicted octanol–water partition coefficient (Wildman–Crippen LogP) is 3.92. The van der Waals surface area contributed by atoms with E-state index in [-0.39, 0.29) is 17.6 Å². The second-order valence-corrected chi connectivity index (χ2v) is 8.68. The van der Waals surface area contributed by atoms with Crippen LogP contribution < -0.4 is 10.1 Å². The number of ether oxygens (including phenoxy) is 1. The van der Waals surface area contributed by atoms with E-state index in [1.54, 1.807) is 29.3 Å². The molecule has 0 aliphatic heterocycles. The van der Waals surface area contributed by atoms with E-state index in [1.165, 1.54) is 18.3 Å². The first-order chi connectivity index (χ1) is 17.4. The normalized spacial score (nSPS) is 12.4. The van der Waals surface area contributed by atoms with Crippen molar-refractivity contribution in [3.8, 4) is 17.1 Å².